The van der Waals surface area contributed by atoms with Crippen molar-refractivity contribution in [3.8, 4) is 44.5 Å². The predicted molar refractivity (Wildman–Crippen MR) is 273 cm³/mol. The van der Waals surface area contributed by atoms with Crippen LogP contribution in [0.25, 0.3) is 109 Å². The fourth-order valence-electron chi connectivity index (χ4n) is 12.7. The van der Waals surface area contributed by atoms with Gasteiger partial charge in [-0.2, -0.15) is 0 Å². The smallest absolute Gasteiger partial charge is 0.0324 e. The molecular formula is C63H50. The minimum atomic E-state index is -0.292. The van der Waals surface area contributed by atoms with Crippen molar-refractivity contribution in [1.29, 1.82) is 0 Å². The van der Waals surface area contributed by atoms with Crippen LogP contribution in [0.2, 0.25) is 0 Å². The lowest BCUT2D eigenvalue weighted by atomic mass is 9.49. The summed E-state index contributed by atoms with van der Waals surface area (Å²) in [5.74, 6) is 0. The first-order valence-corrected chi connectivity index (χ1v) is 22.6. The summed E-state index contributed by atoms with van der Waals surface area (Å²) in [7, 11) is 0. The third kappa shape index (κ3) is 5.22. The van der Waals surface area contributed by atoms with E-state index in [1.165, 1.54) is 120 Å². The van der Waals surface area contributed by atoms with Gasteiger partial charge in [0, 0.05) is 5.41 Å². The van der Waals surface area contributed by atoms with Gasteiger partial charge in [0.05, 0.1) is 0 Å². The third-order valence-corrected chi connectivity index (χ3v) is 14.7. The molecule has 0 amide bonds. The molecule has 0 heteroatoms. The summed E-state index contributed by atoms with van der Waals surface area (Å²) in [5.41, 5.74) is 12.8. The summed E-state index contributed by atoms with van der Waals surface area (Å²) in [6.45, 7) is 14.9. The molecule has 0 saturated heterocycles. The number of hydrogen-bond acceptors (Lipinski definition) is 0. The van der Waals surface area contributed by atoms with Crippen molar-refractivity contribution in [2.24, 2.45) is 10.8 Å². The van der Waals surface area contributed by atoms with Crippen LogP contribution in [0, 0.1) is 10.8 Å². The highest BCUT2D eigenvalue weighted by Crippen LogP contribution is 2.68. The predicted octanol–water partition coefficient (Wildman–Crippen LogP) is 18.0. The fraction of sp³-hybridized carbons (Fsp3) is 0.143. The third-order valence-electron chi connectivity index (χ3n) is 14.7. The van der Waals surface area contributed by atoms with E-state index in [9.17, 15) is 0 Å². The van der Waals surface area contributed by atoms with Crippen LogP contribution in [0.4, 0.5) is 0 Å². The van der Waals surface area contributed by atoms with E-state index >= 15 is 0 Å². The van der Waals surface area contributed by atoms with Crippen molar-refractivity contribution in [2.75, 3.05) is 0 Å². The van der Waals surface area contributed by atoms with Crippen molar-refractivity contribution in [3.05, 3.63) is 205 Å². The summed E-state index contributed by atoms with van der Waals surface area (Å²) in [6.07, 6.45) is 0. The number of rotatable bonds is 3. The molecule has 0 bridgehead atoms. The molecule has 0 nitrogen and oxygen atoms in total. The molecule has 1 aliphatic carbocycles. The van der Waals surface area contributed by atoms with E-state index in [2.05, 4.69) is 236 Å². The Morgan fingerprint density at radius 3 is 1.30 bits per heavy atom. The van der Waals surface area contributed by atoms with Gasteiger partial charge in [-0.3, -0.25) is 0 Å². The molecule has 0 spiro atoms. The van der Waals surface area contributed by atoms with Crippen LogP contribution in [0.15, 0.2) is 194 Å². The maximum absolute atomic E-state index is 2.48. The van der Waals surface area contributed by atoms with E-state index in [0.29, 0.717) is 0 Å². The van der Waals surface area contributed by atoms with Gasteiger partial charge in [-0.15, -0.1) is 0 Å². The highest BCUT2D eigenvalue weighted by molar-refractivity contribution is 6.23. The molecule has 11 aromatic carbocycles. The van der Waals surface area contributed by atoms with Gasteiger partial charge in [0.25, 0.3) is 0 Å². The summed E-state index contributed by atoms with van der Waals surface area (Å²) >= 11 is 0. The second-order valence-electron chi connectivity index (χ2n) is 20.0. The Kier molecular flexibility index (Phi) is 8.08. The molecular weight excluding hydrogens is 757 g/mol. The van der Waals surface area contributed by atoms with E-state index in [-0.39, 0.29) is 16.2 Å². The molecule has 0 fully saturated rings. The van der Waals surface area contributed by atoms with Crippen molar-refractivity contribution in [1.82, 2.24) is 0 Å². The molecule has 1 aliphatic rings. The van der Waals surface area contributed by atoms with E-state index < -0.39 is 0 Å². The van der Waals surface area contributed by atoms with E-state index in [0.717, 1.165) is 0 Å². The monoisotopic (exact) mass is 806 g/mol. The number of fused-ring (bicyclic) bond motifs is 13. The topological polar surface area (TPSA) is 0 Å². The lowest BCUT2D eigenvalue weighted by Gasteiger charge is -2.54. The Hall–Kier alpha value is -7.02. The van der Waals surface area contributed by atoms with Crippen LogP contribution >= 0.6 is 0 Å². The Balaban J connectivity index is 1.09. The molecule has 0 unspecified atom stereocenters. The van der Waals surface area contributed by atoms with Crippen LogP contribution in [-0.4, -0.2) is 0 Å². The molecule has 11 aromatic rings. The van der Waals surface area contributed by atoms with E-state index in [4.69, 9.17) is 0 Å². The minimum Gasteiger partial charge on any atom is -0.0616 e. The normalized spacial score (nSPS) is 13.7. The average Bonchev–Trinajstić information content (AvgIpc) is 3.65. The van der Waals surface area contributed by atoms with Gasteiger partial charge in [-0.1, -0.05) is 230 Å². The number of hydrogen-bond donors (Lipinski definition) is 0. The zero-order valence-corrected chi connectivity index (χ0v) is 37.0. The largest absolute Gasteiger partial charge is 0.0616 e. The molecule has 12 rings (SSSR count). The summed E-state index contributed by atoms with van der Waals surface area (Å²) in [6, 6.07) is 73.1. The van der Waals surface area contributed by atoms with Crippen LogP contribution in [-0.2, 0) is 5.41 Å². The van der Waals surface area contributed by atoms with E-state index in [1.807, 2.05) is 0 Å². The molecule has 0 saturated carbocycles. The maximum atomic E-state index is 2.48. The van der Waals surface area contributed by atoms with Gasteiger partial charge < -0.3 is 0 Å². The van der Waals surface area contributed by atoms with E-state index in [1.54, 1.807) is 0 Å². The molecule has 0 N–H and O–H groups in total. The van der Waals surface area contributed by atoms with Crippen molar-refractivity contribution in [2.45, 2.75) is 47.0 Å². The second-order valence-corrected chi connectivity index (χ2v) is 20.0. The van der Waals surface area contributed by atoms with Gasteiger partial charge in [-0.05, 0) is 137 Å². The quantitative estimate of drug-likeness (QED) is 0.123. The first kappa shape index (κ1) is 37.7. The highest BCUT2D eigenvalue weighted by atomic mass is 14.6. The lowest BCUT2D eigenvalue weighted by Crippen LogP contribution is -2.50. The molecule has 0 radical (unpaired) electrons. The minimum absolute atomic E-state index is 0.112. The first-order valence-electron chi connectivity index (χ1n) is 22.6. The van der Waals surface area contributed by atoms with Gasteiger partial charge in [0.1, 0.15) is 0 Å². The first-order chi connectivity index (χ1) is 30.6. The average molecular weight is 807 g/mol. The van der Waals surface area contributed by atoms with Crippen molar-refractivity contribution < 1.29 is 0 Å². The Morgan fingerprint density at radius 2 is 0.714 bits per heavy atom. The van der Waals surface area contributed by atoms with Crippen molar-refractivity contribution >= 4 is 64.6 Å². The van der Waals surface area contributed by atoms with Crippen LogP contribution in [0.5, 0.6) is 0 Å². The summed E-state index contributed by atoms with van der Waals surface area (Å²) in [5, 5.41) is 15.7. The standard InChI is InChI=1S/C63H50/c1-61(2,3)63(62(4,5)6)59-46-36-35-43(38-42(46)34-37-55(59)58-49-23-11-9-21-47(49)48-22-10-16-28-54(48)60(58)63)57-52-26-14-12-24-50(52)56(51-25-13-15-27-53(51)57)41-32-30-40(31-33-41)45-29-17-19-39-18-7-8-20-44(39)45/h7-38H,1-6H3. The zero-order valence-electron chi connectivity index (χ0n) is 37.0. The molecule has 302 valence electrons. The fourth-order valence-corrected chi connectivity index (χ4v) is 12.7. The second kappa shape index (κ2) is 13.5. The Bertz CT molecular complexity index is 3600. The highest BCUT2D eigenvalue weighted by Gasteiger charge is 2.59. The van der Waals surface area contributed by atoms with Gasteiger partial charge in [0.15, 0.2) is 0 Å². The molecule has 0 heterocycles. The van der Waals surface area contributed by atoms with Crippen LogP contribution in [0.1, 0.15) is 52.7 Å². The molecule has 0 atom stereocenters. The van der Waals surface area contributed by atoms with Crippen molar-refractivity contribution in [3.63, 3.8) is 0 Å². The van der Waals surface area contributed by atoms with Crippen LogP contribution < -0.4 is 0 Å². The van der Waals surface area contributed by atoms with Gasteiger partial charge in [0.2, 0.25) is 0 Å². The van der Waals surface area contributed by atoms with Crippen LogP contribution in [0.3, 0.4) is 0 Å². The summed E-state index contributed by atoms with van der Waals surface area (Å²) in [4.78, 5) is 0. The summed E-state index contributed by atoms with van der Waals surface area (Å²) < 4.78 is 0. The molecule has 0 aliphatic heterocycles. The van der Waals surface area contributed by atoms with Gasteiger partial charge in [-0.25, -0.2) is 0 Å². The SMILES string of the molecule is CC(C)(C)C1(C(C)(C)C)c2c(ccc3cc(-c4c5ccccc5c(-c5ccc(-c6cccc7ccccc67)cc5)c5ccccc45)ccc23)-c2c1c1ccccc1c1ccccc21. The van der Waals surface area contributed by atoms with Gasteiger partial charge >= 0.3 is 0 Å². The molecule has 63 heavy (non-hydrogen) atoms. The Morgan fingerprint density at radius 1 is 0.270 bits per heavy atom. The number of benzene rings is 11. The maximum Gasteiger partial charge on any atom is 0.0324 e. The Labute approximate surface area is 370 Å². The molecule has 0 aromatic heterocycles. The lowest BCUT2D eigenvalue weighted by molar-refractivity contribution is 0.0977. The zero-order chi connectivity index (χ0) is 42.8.